The minimum absolute atomic E-state index is 0.175. The van der Waals surface area contributed by atoms with Crippen LogP contribution < -0.4 is 5.32 Å². The first-order chi connectivity index (χ1) is 8.42. The van der Waals surface area contributed by atoms with Crippen molar-refractivity contribution in [3.63, 3.8) is 0 Å². The molecule has 4 heteroatoms. The fourth-order valence-corrected chi connectivity index (χ4v) is 2.30. The molecular weight excluding hydrogens is 228 g/mol. The van der Waals surface area contributed by atoms with E-state index in [4.69, 9.17) is 4.74 Å². The van der Waals surface area contributed by atoms with Crippen LogP contribution in [0.4, 0.5) is 0 Å². The van der Waals surface area contributed by atoms with Crippen molar-refractivity contribution in [2.24, 2.45) is 5.92 Å². The van der Waals surface area contributed by atoms with Crippen LogP contribution in [-0.2, 0) is 9.53 Å². The number of carbonyl (C=O) groups is 1. The molecule has 1 atom stereocenters. The highest BCUT2D eigenvalue weighted by Crippen LogP contribution is 2.30. The van der Waals surface area contributed by atoms with Crippen molar-refractivity contribution in [2.45, 2.75) is 52.1 Å². The SMILES string of the molecule is CCNC(C)(CN(CC1CC1)C(C)C)C(=O)OC. The molecule has 1 unspecified atom stereocenters. The van der Waals surface area contributed by atoms with Gasteiger partial charge in [-0.25, -0.2) is 0 Å². The average Bonchev–Trinajstić information content (AvgIpc) is 3.11. The van der Waals surface area contributed by atoms with Gasteiger partial charge in [-0.2, -0.15) is 0 Å². The predicted molar refractivity (Wildman–Crippen MR) is 73.5 cm³/mol. The third-order valence-corrected chi connectivity index (χ3v) is 3.64. The molecule has 0 aromatic rings. The molecule has 0 bridgehead atoms. The fourth-order valence-electron chi connectivity index (χ4n) is 2.30. The zero-order chi connectivity index (χ0) is 13.8. The number of methoxy groups -OCH3 is 1. The van der Waals surface area contributed by atoms with Crippen LogP contribution in [0, 0.1) is 5.92 Å². The Morgan fingerprint density at radius 1 is 1.50 bits per heavy atom. The minimum Gasteiger partial charge on any atom is -0.468 e. The predicted octanol–water partition coefficient (Wildman–Crippen LogP) is 1.65. The second-order valence-electron chi connectivity index (χ2n) is 5.82. The van der Waals surface area contributed by atoms with Gasteiger partial charge in [0.15, 0.2) is 0 Å². The molecule has 4 nitrogen and oxygen atoms in total. The minimum atomic E-state index is -0.608. The van der Waals surface area contributed by atoms with Crippen LogP contribution in [0.15, 0.2) is 0 Å². The highest BCUT2D eigenvalue weighted by molar-refractivity contribution is 5.80. The van der Waals surface area contributed by atoms with E-state index in [1.165, 1.54) is 20.0 Å². The smallest absolute Gasteiger partial charge is 0.327 e. The van der Waals surface area contributed by atoms with Gasteiger partial charge in [-0.15, -0.1) is 0 Å². The number of likely N-dealkylation sites (N-methyl/N-ethyl adjacent to an activating group) is 1. The molecule has 0 radical (unpaired) electrons. The normalized spacial score (nSPS) is 19.1. The molecule has 0 saturated heterocycles. The molecule has 1 saturated carbocycles. The Kier molecular flexibility index (Phi) is 5.60. The van der Waals surface area contributed by atoms with Crippen LogP contribution in [0.3, 0.4) is 0 Å². The Labute approximate surface area is 111 Å². The third kappa shape index (κ3) is 4.25. The molecule has 0 aromatic heterocycles. The Balaban J connectivity index is 2.68. The molecule has 106 valence electrons. The Morgan fingerprint density at radius 3 is 2.50 bits per heavy atom. The van der Waals surface area contributed by atoms with Crippen molar-refractivity contribution >= 4 is 5.97 Å². The lowest BCUT2D eigenvalue weighted by Crippen LogP contribution is -2.58. The summed E-state index contributed by atoms with van der Waals surface area (Å²) in [4.78, 5) is 14.4. The molecule has 1 aliphatic carbocycles. The molecule has 0 spiro atoms. The van der Waals surface area contributed by atoms with E-state index in [1.807, 2.05) is 13.8 Å². The molecule has 18 heavy (non-hydrogen) atoms. The van der Waals surface area contributed by atoms with Gasteiger partial charge in [0, 0.05) is 19.1 Å². The molecule has 1 N–H and O–H groups in total. The van der Waals surface area contributed by atoms with Crippen LogP contribution in [0.2, 0.25) is 0 Å². The van der Waals surface area contributed by atoms with Gasteiger partial charge in [0.2, 0.25) is 0 Å². The number of rotatable bonds is 8. The van der Waals surface area contributed by atoms with Crippen LogP contribution in [0.25, 0.3) is 0 Å². The molecule has 0 aromatic carbocycles. The molecule has 1 aliphatic rings. The second-order valence-corrected chi connectivity index (χ2v) is 5.82. The summed E-state index contributed by atoms with van der Waals surface area (Å²) in [7, 11) is 1.46. The van der Waals surface area contributed by atoms with Gasteiger partial charge in [-0.1, -0.05) is 6.92 Å². The number of nitrogens with zero attached hydrogens (tertiary/aromatic N) is 1. The first-order valence-electron chi connectivity index (χ1n) is 7.00. The van der Waals surface area contributed by atoms with Gasteiger partial charge in [0.25, 0.3) is 0 Å². The monoisotopic (exact) mass is 256 g/mol. The number of nitrogens with one attached hydrogen (secondary N) is 1. The molecule has 0 heterocycles. The average molecular weight is 256 g/mol. The van der Waals surface area contributed by atoms with Gasteiger partial charge >= 0.3 is 5.97 Å². The first-order valence-corrected chi connectivity index (χ1v) is 7.00. The number of hydrogen-bond acceptors (Lipinski definition) is 4. The fraction of sp³-hybridized carbons (Fsp3) is 0.929. The van der Waals surface area contributed by atoms with Crippen LogP contribution in [-0.4, -0.2) is 49.2 Å². The summed E-state index contributed by atoms with van der Waals surface area (Å²) < 4.78 is 4.94. The maximum Gasteiger partial charge on any atom is 0.327 e. The summed E-state index contributed by atoms with van der Waals surface area (Å²) in [6.45, 7) is 10.9. The van der Waals surface area contributed by atoms with Crippen LogP contribution >= 0.6 is 0 Å². The summed E-state index contributed by atoms with van der Waals surface area (Å²) in [5.74, 6) is 0.654. The topological polar surface area (TPSA) is 41.6 Å². The van der Waals surface area contributed by atoms with Gasteiger partial charge in [-0.05, 0) is 46.1 Å². The zero-order valence-corrected chi connectivity index (χ0v) is 12.5. The van der Waals surface area contributed by atoms with Crippen LogP contribution in [0.1, 0.15) is 40.5 Å². The van der Waals surface area contributed by atoms with Gasteiger partial charge in [0.1, 0.15) is 5.54 Å². The third-order valence-electron chi connectivity index (χ3n) is 3.64. The summed E-state index contributed by atoms with van der Waals surface area (Å²) in [6, 6.07) is 0.452. The van der Waals surface area contributed by atoms with E-state index in [-0.39, 0.29) is 5.97 Å². The van der Waals surface area contributed by atoms with E-state index in [2.05, 4.69) is 24.1 Å². The van der Waals surface area contributed by atoms with E-state index in [0.29, 0.717) is 12.6 Å². The summed E-state index contributed by atoms with van der Waals surface area (Å²) in [5, 5.41) is 3.27. The van der Waals surface area contributed by atoms with E-state index >= 15 is 0 Å². The lowest BCUT2D eigenvalue weighted by Gasteiger charge is -2.36. The molecule has 0 aliphatic heterocycles. The van der Waals surface area contributed by atoms with E-state index in [0.717, 1.165) is 19.0 Å². The van der Waals surface area contributed by atoms with Crippen LogP contribution in [0.5, 0.6) is 0 Å². The molecule has 0 amide bonds. The van der Waals surface area contributed by atoms with Gasteiger partial charge in [0.05, 0.1) is 7.11 Å². The maximum atomic E-state index is 12.0. The standard InChI is InChI=1S/C14H28N2O2/c1-6-15-14(4,13(17)18-5)10-16(11(2)3)9-12-7-8-12/h11-12,15H,6-10H2,1-5H3. The summed E-state index contributed by atoms with van der Waals surface area (Å²) in [6.07, 6.45) is 2.67. The number of esters is 1. The van der Waals surface area contributed by atoms with Gasteiger partial charge in [-0.3, -0.25) is 9.69 Å². The zero-order valence-electron chi connectivity index (χ0n) is 12.5. The summed E-state index contributed by atoms with van der Waals surface area (Å²) in [5.41, 5.74) is -0.608. The van der Waals surface area contributed by atoms with Crippen molar-refractivity contribution in [1.29, 1.82) is 0 Å². The highest BCUT2D eigenvalue weighted by Gasteiger charge is 2.37. The highest BCUT2D eigenvalue weighted by atomic mass is 16.5. The largest absolute Gasteiger partial charge is 0.468 e. The maximum absolute atomic E-state index is 12.0. The first kappa shape index (κ1) is 15.4. The number of carbonyl (C=O) groups excluding carboxylic acids is 1. The Bertz CT molecular complexity index is 277. The van der Waals surface area contributed by atoms with Crippen molar-refractivity contribution in [1.82, 2.24) is 10.2 Å². The van der Waals surface area contributed by atoms with Gasteiger partial charge < -0.3 is 10.1 Å². The second kappa shape index (κ2) is 6.53. The molecule has 1 rings (SSSR count). The van der Waals surface area contributed by atoms with Crippen molar-refractivity contribution in [3.8, 4) is 0 Å². The molecule has 1 fully saturated rings. The van der Waals surface area contributed by atoms with Crippen molar-refractivity contribution < 1.29 is 9.53 Å². The Morgan fingerprint density at radius 2 is 2.11 bits per heavy atom. The summed E-state index contributed by atoms with van der Waals surface area (Å²) >= 11 is 0. The molecular formula is C14H28N2O2. The number of ether oxygens (including phenoxy) is 1. The lowest BCUT2D eigenvalue weighted by molar-refractivity contribution is -0.149. The van der Waals surface area contributed by atoms with E-state index < -0.39 is 5.54 Å². The Hall–Kier alpha value is -0.610. The van der Waals surface area contributed by atoms with E-state index in [1.54, 1.807) is 0 Å². The quantitative estimate of drug-likeness (QED) is 0.671. The van der Waals surface area contributed by atoms with E-state index in [9.17, 15) is 4.79 Å². The van der Waals surface area contributed by atoms with Crippen molar-refractivity contribution in [3.05, 3.63) is 0 Å². The lowest BCUT2D eigenvalue weighted by atomic mass is 10.0. The number of hydrogen-bond donors (Lipinski definition) is 1. The van der Waals surface area contributed by atoms with Crippen molar-refractivity contribution in [2.75, 3.05) is 26.7 Å².